The van der Waals surface area contributed by atoms with Gasteiger partial charge in [0.25, 0.3) is 11.5 Å². The summed E-state index contributed by atoms with van der Waals surface area (Å²) in [5.41, 5.74) is -0.0417. The fourth-order valence-electron chi connectivity index (χ4n) is 1.58. The van der Waals surface area contributed by atoms with Crippen molar-refractivity contribution in [3.05, 3.63) is 28.2 Å². The first-order valence-corrected chi connectivity index (χ1v) is 6.35. The number of aromatic nitrogens is 2. The van der Waals surface area contributed by atoms with E-state index in [0.717, 1.165) is 18.6 Å². The minimum absolute atomic E-state index is 0.219. The normalized spacial score (nSPS) is 20.4. The Balaban J connectivity index is 1.96. The van der Waals surface area contributed by atoms with Gasteiger partial charge in [-0.05, 0) is 24.7 Å². The lowest BCUT2D eigenvalue weighted by atomic mass is 10.2. The summed E-state index contributed by atoms with van der Waals surface area (Å²) in [7, 11) is 0. The number of hydrogen-bond donors (Lipinski definition) is 2. The van der Waals surface area contributed by atoms with Crippen LogP contribution in [0.1, 0.15) is 23.3 Å². The molecule has 1 aromatic rings. The lowest BCUT2D eigenvalue weighted by Crippen LogP contribution is -2.39. The van der Waals surface area contributed by atoms with Crippen LogP contribution in [0.5, 0.6) is 0 Å². The van der Waals surface area contributed by atoms with Gasteiger partial charge in [0.2, 0.25) is 0 Å². The number of thioether (sulfide) groups is 1. The average molecular weight is 239 g/mol. The minimum Gasteiger partial charge on any atom is -0.347 e. The molecule has 86 valence electrons. The van der Waals surface area contributed by atoms with E-state index in [1.807, 2.05) is 11.8 Å². The number of hydrogen-bond acceptors (Lipinski definition) is 4. The molecule has 2 heterocycles. The maximum atomic E-state index is 11.7. The molecule has 0 bridgehead atoms. The van der Waals surface area contributed by atoms with Crippen molar-refractivity contribution in [2.45, 2.75) is 18.9 Å². The smallest absolute Gasteiger partial charge is 0.271 e. The van der Waals surface area contributed by atoms with Gasteiger partial charge in [0, 0.05) is 17.9 Å². The van der Waals surface area contributed by atoms with Crippen LogP contribution in [0.2, 0.25) is 0 Å². The van der Waals surface area contributed by atoms with Gasteiger partial charge in [-0.3, -0.25) is 9.59 Å². The average Bonchev–Trinajstić information content (AvgIpc) is 2.31. The molecule has 0 radical (unpaired) electrons. The molecule has 2 rings (SSSR count). The maximum absolute atomic E-state index is 11.7. The van der Waals surface area contributed by atoms with Crippen molar-refractivity contribution in [2.24, 2.45) is 0 Å². The van der Waals surface area contributed by atoms with Crippen LogP contribution in [0.15, 0.2) is 16.9 Å². The molecular formula is C10H13N3O2S. The molecule has 1 aliphatic rings. The van der Waals surface area contributed by atoms with Gasteiger partial charge in [-0.15, -0.1) is 0 Å². The second kappa shape index (κ2) is 5.16. The highest BCUT2D eigenvalue weighted by Gasteiger charge is 2.17. The zero-order chi connectivity index (χ0) is 11.4. The Morgan fingerprint density at radius 2 is 2.44 bits per heavy atom. The van der Waals surface area contributed by atoms with Gasteiger partial charge in [-0.2, -0.15) is 16.9 Å². The predicted molar refractivity (Wildman–Crippen MR) is 62.7 cm³/mol. The van der Waals surface area contributed by atoms with E-state index in [4.69, 9.17) is 0 Å². The third kappa shape index (κ3) is 2.85. The van der Waals surface area contributed by atoms with E-state index < -0.39 is 0 Å². The van der Waals surface area contributed by atoms with Crippen molar-refractivity contribution >= 4 is 17.7 Å². The number of rotatable bonds is 2. The van der Waals surface area contributed by atoms with Crippen LogP contribution in [0.4, 0.5) is 0 Å². The summed E-state index contributed by atoms with van der Waals surface area (Å²) in [5, 5.41) is 8.84. The molecule has 0 saturated carbocycles. The quantitative estimate of drug-likeness (QED) is 0.783. The number of nitrogens with one attached hydrogen (secondary N) is 2. The topological polar surface area (TPSA) is 74.8 Å². The van der Waals surface area contributed by atoms with Crippen molar-refractivity contribution < 1.29 is 4.79 Å². The Labute approximate surface area is 97.0 Å². The van der Waals surface area contributed by atoms with E-state index in [2.05, 4.69) is 15.5 Å². The Bertz CT molecular complexity index is 406. The molecule has 1 aliphatic heterocycles. The predicted octanol–water partition coefficient (Wildman–Crippen LogP) is 0.395. The lowest BCUT2D eigenvalue weighted by molar-refractivity contribution is 0.0932. The van der Waals surface area contributed by atoms with E-state index in [1.54, 1.807) is 0 Å². The third-order valence-corrected chi connectivity index (χ3v) is 3.62. The summed E-state index contributed by atoms with van der Waals surface area (Å²) < 4.78 is 0. The molecule has 1 unspecified atom stereocenters. The Morgan fingerprint density at radius 1 is 1.56 bits per heavy atom. The van der Waals surface area contributed by atoms with Crippen molar-refractivity contribution in [2.75, 3.05) is 11.5 Å². The zero-order valence-corrected chi connectivity index (χ0v) is 9.55. The van der Waals surface area contributed by atoms with Crippen molar-refractivity contribution in [1.29, 1.82) is 0 Å². The first-order chi connectivity index (χ1) is 7.75. The molecule has 1 fully saturated rings. The first-order valence-electron chi connectivity index (χ1n) is 5.20. The van der Waals surface area contributed by atoms with E-state index in [9.17, 15) is 9.59 Å². The van der Waals surface area contributed by atoms with Crippen LogP contribution in [0.25, 0.3) is 0 Å². The number of amides is 1. The van der Waals surface area contributed by atoms with Gasteiger partial charge in [0.15, 0.2) is 0 Å². The number of H-pyrrole nitrogens is 1. The van der Waals surface area contributed by atoms with Crippen molar-refractivity contribution in [3.8, 4) is 0 Å². The monoisotopic (exact) mass is 239 g/mol. The van der Waals surface area contributed by atoms with Crippen LogP contribution in [-0.2, 0) is 0 Å². The first kappa shape index (κ1) is 11.2. The van der Waals surface area contributed by atoms with Gasteiger partial charge in [-0.1, -0.05) is 0 Å². The molecule has 2 N–H and O–H groups in total. The van der Waals surface area contributed by atoms with E-state index in [0.29, 0.717) is 0 Å². The van der Waals surface area contributed by atoms with Crippen LogP contribution < -0.4 is 10.9 Å². The zero-order valence-electron chi connectivity index (χ0n) is 8.73. The van der Waals surface area contributed by atoms with Gasteiger partial charge < -0.3 is 5.32 Å². The van der Waals surface area contributed by atoms with Gasteiger partial charge in [0.1, 0.15) is 5.69 Å². The Kier molecular flexibility index (Phi) is 3.61. The molecule has 5 nitrogen and oxygen atoms in total. The van der Waals surface area contributed by atoms with Gasteiger partial charge in [-0.25, -0.2) is 5.10 Å². The number of nitrogens with zero attached hydrogens (tertiary/aromatic N) is 1. The largest absolute Gasteiger partial charge is 0.347 e. The molecule has 1 saturated heterocycles. The summed E-state index contributed by atoms with van der Waals surface area (Å²) in [4.78, 5) is 22.5. The molecule has 1 amide bonds. The standard InChI is InChI=1S/C10H13N3O2S/c14-9-4-3-8(12-13-9)10(15)11-7-2-1-5-16-6-7/h3-4,7H,1-2,5-6H2,(H,11,15)(H,13,14). The molecule has 6 heteroatoms. The highest BCUT2D eigenvalue weighted by atomic mass is 32.2. The second-order valence-corrected chi connectivity index (χ2v) is 4.84. The number of carbonyl (C=O) groups is 1. The number of aromatic amines is 1. The van der Waals surface area contributed by atoms with E-state index in [1.165, 1.54) is 17.9 Å². The third-order valence-electron chi connectivity index (χ3n) is 2.41. The van der Waals surface area contributed by atoms with Gasteiger partial charge >= 0.3 is 0 Å². The molecule has 1 atom stereocenters. The maximum Gasteiger partial charge on any atom is 0.271 e. The Hall–Kier alpha value is -1.30. The molecule has 0 aliphatic carbocycles. The summed E-state index contributed by atoms with van der Waals surface area (Å²) in [6, 6.07) is 2.96. The molecular weight excluding hydrogens is 226 g/mol. The lowest BCUT2D eigenvalue weighted by Gasteiger charge is -2.22. The summed E-state index contributed by atoms with van der Waals surface area (Å²) in [6.07, 6.45) is 2.15. The SMILES string of the molecule is O=C(NC1CCCSC1)c1ccc(=O)[nH]n1. The second-order valence-electron chi connectivity index (χ2n) is 3.69. The fraction of sp³-hybridized carbons (Fsp3) is 0.500. The minimum atomic E-state index is -0.301. The highest BCUT2D eigenvalue weighted by molar-refractivity contribution is 7.99. The molecule has 0 spiro atoms. The van der Waals surface area contributed by atoms with E-state index in [-0.39, 0.29) is 23.2 Å². The molecule has 0 aromatic carbocycles. The van der Waals surface area contributed by atoms with E-state index >= 15 is 0 Å². The summed E-state index contributed by atoms with van der Waals surface area (Å²) in [5.74, 6) is 1.90. The number of carbonyl (C=O) groups excluding carboxylic acids is 1. The highest BCUT2D eigenvalue weighted by Crippen LogP contribution is 2.16. The molecule has 1 aromatic heterocycles. The fourth-order valence-corrected chi connectivity index (χ4v) is 2.66. The van der Waals surface area contributed by atoms with Crippen LogP contribution >= 0.6 is 11.8 Å². The van der Waals surface area contributed by atoms with Gasteiger partial charge in [0.05, 0.1) is 0 Å². The van der Waals surface area contributed by atoms with Crippen molar-refractivity contribution in [3.63, 3.8) is 0 Å². The van der Waals surface area contributed by atoms with Crippen molar-refractivity contribution in [1.82, 2.24) is 15.5 Å². The Morgan fingerprint density at radius 3 is 3.06 bits per heavy atom. The summed E-state index contributed by atoms with van der Waals surface area (Å²) in [6.45, 7) is 0. The van der Waals surface area contributed by atoms with Crippen LogP contribution in [0, 0.1) is 0 Å². The van der Waals surface area contributed by atoms with Crippen LogP contribution in [-0.4, -0.2) is 33.7 Å². The molecule has 16 heavy (non-hydrogen) atoms. The van der Waals surface area contributed by atoms with Crippen LogP contribution in [0.3, 0.4) is 0 Å². The summed E-state index contributed by atoms with van der Waals surface area (Å²) >= 11 is 1.85.